The molecule has 0 unspecified atom stereocenters. The average Bonchev–Trinajstić information content (AvgIpc) is 3.65. The Morgan fingerprint density at radius 3 is 2.71 bits per heavy atom. The lowest BCUT2D eigenvalue weighted by molar-refractivity contribution is -0.131. The number of H-pyrrole nitrogens is 1. The third kappa shape index (κ3) is 5.01. The van der Waals surface area contributed by atoms with Crippen molar-refractivity contribution in [3.63, 3.8) is 0 Å². The molecule has 8 nitrogen and oxygen atoms in total. The van der Waals surface area contributed by atoms with Gasteiger partial charge in [0, 0.05) is 54.6 Å². The fourth-order valence-corrected chi connectivity index (χ4v) is 4.53. The maximum absolute atomic E-state index is 13.2. The Morgan fingerprint density at radius 1 is 1.11 bits per heavy atom. The molecule has 1 fully saturated rings. The quantitative estimate of drug-likeness (QED) is 0.419. The van der Waals surface area contributed by atoms with Crippen molar-refractivity contribution in [3.05, 3.63) is 84.4 Å². The minimum atomic E-state index is -0.258. The Balaban J connectivity index is 1.36. The first-order chi connectivity index (χ1) is 17.1. The lowest BCUT2D eigenvalue weighted by atomic mass is 10.1. The molecule has 2 amide bonds. The van der Waals surface area contributed by atoms with Crippen LogP contribution in [-0.4, -0.2) is 49.0 Å². The monoisotopic (exact) mass is 468 g/mol. The fourth-order valence-electron chi connectivity index (χ4n) is 4.53. The summed E-state index contributed by atoms with van der Waals surface area (Å²) in [7, 11) is 0. The number of rotatable bonds is 7. The van der Waals surface area contributed by atoms with Gasteiger partial charge in [-0.2, -0.15) is 5.10 Å². The number of amides is 2. The number of para-hydroxylation sites is 1. The van der Waals surface area contributed by atoms with Gasteiger partial charge in [0.15, 0.2) is 0 Å². The van der Waals surface area contributed by atoms with Crippen molar-refractivity contribution >= 4 is 17.8 Å². The fraction of sp³-hybridized carbons (Fsp3) is 0.259. The molecule has 1 aliphatic rings. The van der Waals surface area contributed by atoms with Crippen LogP contribution in [-0.2, 0) is 11.2 Å². The Kier molecular flexibility index (Phi) is 6.43. The molecule has 8 heteroatoms. The van der Waals surface area contributed by atoms with E-state index in [0.717, 1.165) is 41.9 Å². The zero-order chi connectivity index (χ0) is 24.2. The van der Waals surface area contributed by atoms with Gasteiger partial charge in [0.25, 0.3) is 5.91 Å². The van der Waals surface area contributed by atoms with Crippen LogP contribution in [0.5, 0.6) is 0 Å². The number of aromatic nitrogens is 4. The highest BCUT2D eigenvalue weighted by atomic mass is 16.2. The summed E-state index contributed by atoms with van der Waals surface area (Å²) in [6, 6.07) is 17.4. The number of nitrogens with one attached hydrogen (secondary N) is 2. The third-order valence-electron chi connectivity index (χ3n) is 6.44. The van der Waals surface area contributed by atoms with E-state index in [9.17, 15) is 9.59 Å². The highest BCUT2D eigenvalue weighted by Gasteiger charge is 2.25. The number of imidazole rings is 1. The minimum Gasteiger partial charge on any atom is -0.340 e. The van der Waals surface area contributed by atoms with E-state index in [0.29, 0.717) is 30.4 Å². The summed E-state index contributed by atoms with van der Waals surface area (Å²) in [4.78, 5) is 32.5. The summed E-state index contributed by atoms with van der Waals surface area (Å²) in [5.41, 5.74) is 3.97. The van der Waals surface area contributed by atoms with Crippen molar-refractivity contribution in [1.29, 1.82) is 0 Å². The maximum atomic E-state index is 13.2. The SMILES string of the molecule is C[C@@H]1CCCN1C(=O)CCc1cn(-c2ccccc2)c(NC(=O)c2cccc(-c3cn[nH]c3)c2)n1. The first-order valence-corrected chi connectivity index (χ1v) is 11.9. The Labute approximate surface area is 204 Å². The van der Waals surface area contributed by atoms with Gasteiger partial charge in [0.1, 0.15) is 0 Å². The third-order valence-corrected chi connectivity index (χ3v) is 6.44. The van der Waals surface area contributed by atoms with Gasteiger partial charge in [0.2, 0.25) is 11.9 Å². The maximum Gasteiger partial charge on any atom is 0.258 e. The Bertz CT molecular complexity index is 1310. The molecule has 4 aromatic rings. The molecule has 0 saturated carbocycles. The molecular formula is C27H28N6O2. The van der Waals surface area contributed by atoms with E-state index in [1.807, 2.05) is 64.2 Å². The average molecular weight is 469 g/mol. The molecule has 0 radical (unpaired) electrons. The summed E-state index contributed by atoms with van der Waals surface area (Å²) < 4.78 is 1.86. The number of aryl methyl sites for hydroxylation is 1. The molecule has 178 valence electrons. The standard InChI is InChI=1S/C27H28N6O2/c1-19-7-6-14-32(19)25(34)13-12-23-18-33(24-10-3-2-4-11-24)27(30-23)31-26(35)21-9-5-8-20(15-21)22-16-28-29-17-22/h2-5,8-11,15-19H,6-7,12-14H2,1H3,(H,28,29)(H,30,31,35)/t19-/m1/s1. The van der Waals surface area contributed by atoms with Gasteiger partial charge in [0.05, 0.1) is 11.9 Å². The molecule has 2 N–H and O–H groups in total. The number of aromatic amines is 1. The van der Waals surface area contributed by atoms with Gasteiger partial charge >= 0.3 is 0 Å². The number of nitrogens with zero attached hydrogens (tertiary/aromatic N) is 4. The van der Waals surface area contributed by atoms with E-state index in [-0.39, 0.29) is 11.8 Å². The van der Waals surface area contributed by atoms with Crippen LogP contribution in [0.3, 0.4) is 0 Å². The zero-order valence-corrected chi connectivity index (χ0v) is 19.6. The first-order valence-electron chi connectivity index (χ1n) is 11.9. The highest BCUT2D eigenvalue weighted by molar-refractivity contribution is 6.04. The van der Waals surface area contributed by atoms with E-state index in [1.54, 1.807) is 18.5 Å². The second-order valence-corrected chi connectivity index (χ2v) is 8.86. The molecule has 3 heterocycles. The Hall–Kier alpha value is -4.20. The van der Waals surface area contributed by atoms with Crippen LogP contribution < -0.4 is 5.32 Å². The topological polar surface area (TPSA) is 95.9 Å². The molecule has 35 heavy (non-hydrogen) atoms. The van der Waals surface area contributed by atoms with Crippen molar-refractivity contribution in [2.24, 2.45) is 0 Å². The van der Waals surface area contributed by atoms with Crippen LogP contribution in [0.1, 0.15) is 42.2 Å². The van der Waals surface area contributed by atoms with Gasteiger partial charge in [-0.15, -0.1) is 0 Å². The summed E-state index contributed by atoms with van der Waals surface area (Å²) >= 11 is 0. The van der Waals surface area contributed by atoms with Crippen molar-refractivity contribution in [1.82, 2.24) is 24.6 Å². The number of hydrogen-bond acceptors (Lipinski definition) is 4. The molecule has 2 aromatic carbocycles. The lowest BCUT2D eigenvalue weighted by Gasteiger charge is -2.21. The molecule has 1 aliphatic heterocycles. The molecule has 1 atom stereocenters. The van der Waals surface area contributed by atoms with E-state index in [2.05, 4.69) is 27.4 Å². The van der Waals surface area contributed by atoms with Crippen molar-refractivity contribution in [2.45, 2.75) is 38.6 Å². The van der Waals surface area contributed by atoms with Crippen LogP contribution >= 0.6 is 0 Å². The molecule has 0 bridgehead atoms. The second kappa shape index (κ2) is 9.97. The largest absolute Gasteiger partial charge is 0.340 e. The Morgan fingerprint density at radius 2 is 1.97 bits per heavy atom. The predicted octanol–water partition coefficient (Wildman–Crippen LogP) is 4.46. The van der Waals surface area contributed by atoms with Crippen molar-refractivity contribution in [3.8, 4) is 16.8 Å². The molecule has 0 spiro atoms. The number of likely N-dealkylation sites (tertiary alicyclic amines) is 1. The van der Waals surface area contributed by atoms with E-state index in [1.165, 1.54) is 0 Å². The van der Waals surface area contributed by atoms with Gasteiger partial charge < -0.3 is 4.90 Å². The van der Waals surface area contributed by atoms with Crippen LogP contribution in [0.4, 0.5) is 5.95 Å². The van der Waals surface area contributed by atoms with Gasteiger partial charge in [-0.1, -0.05) is 30.3 Å². The number of benzene rings is 2. The van der Waals surface area contributed by atoms with Crippen LogP contribution in [0.25, 0.3) is 16.8 Å². The smallest absolute Gasteiger partial charge is 0.258 e. The first kappa shape index (κ1) is 22.6. The molecule has 1 saturated heterocycles. The number of hydrogen-bond donors (Lipinski definition) is 2. The number of carbonyl (C=O) groups is 2. The highest BCUT2D eigenvalue weighted by Crippen LogP contribution is 2.22. The zero-order valence-electron chi connectivity index (χ0n) is 19.6. The molecule has 0 aliphatic carbocycles. The van der Waals surface area contributed by atoms with Crippen LogP contribution in [0.2, 0.25) is 0 Å². The number of anilines is 1. The van der Waals surface area contributed by atoms with Gasteiger partial charge in [-0.3, -0.25) is 24.6 Å². The normalized spacial score (nSPS) is 15.3. The predicted molar refractivity (Wildman–Crippen MR) is 134 cm³/mol. The van der Waals surface area contributed by atoms with Crippen molar-refractivity contribution in [2.75, 3.05) is 11.9 Å². The lowest BCUT2D eigenvalue weighted by Crippen LogP contribution is -2.33. The van der Waals surface area contributed by atoms with Crippen LogP contribution in [0, 0.1) is 0 Å². The summed E-state index contributed by atoms with van der Waals surface area (Å²) in [6.07, 6.45) is 8.44. The van der Waals surface area contributed by atoms with E-state index >= 15 is 0 Å². The van der Waals surface area contributed by atoms with Gasteiger partial charge in [-0.05, 0) is 49.6 Å². The summed E-state index contributed by atoms with van der Waals surface area (Å²) in [5, 5.41) is 9.74. The molecule has 5 rings (SSSR count). The summed E-state index contributed by atoms with van der Waals surface area (Å²) in [5.74, 6) is 0.324. The van der Waals surface area contributed by atoms with E-state index in [4.69, 9.17) is 0 Å². The minimum absolute atomic E-state index is 0.158. The van der Waals surface area contributed by atoms with Crippen molar-refractivity contribution < 1.29 is 9.59 Å². The summed E-state index contributed by atoms with van der Waals surface area (Å²) in [6.45, 7) is 2.93. The molecular weight excluding hydrogens is 440 g/mol. The second-order valence-electron chi connectivity index (χ2n) is 8.86. The number of carbonyl (C=O) groups excluding carboxylic acids is 2. The molecule has 2 aromatic heterocycles. The van der Waals surface area contributed by atoms with E-state index < -0.39 is 0 Å². The van der Waals surface area contributed by atoms with Crippen LogP contribution in [0.15, 0.2) is 73.2 Å². The van der Waals surface area contributed by atoms with Gasteiger partial charge in [-0.25, -0.2) is 4.98 Å².